The Balaban J connectivity index is 1.76. The van der Waals surface area contributed by atoms with Crippen LogP contribution in [0.15, 0.2) is 65.8 Å². The zero-order chi connectivity index (χ0) is 15.4. The van der Waals surface area contributed by atoms with Crippen molar-refractivity contribution in [1.82, 2.24) is 10.4 Å². The van der Waals surface area contributed by atoms with Crippen LogP contribution in [0.1, 0.15) is 16.1 Å². The minimum Gasteiger partial charge on any atom is -0.506 e. The molecule has 2 N–H and O–H groups in total. The number of aromatic hydroxyl groups is 1. The fraction of sp³-hybridized carbons (Fsp3) is 0. The number of phenolic OH excluding ortho intramolecular Hbond substituents is 1. The number of hydrogen-bond acceptors (Lipinski definition) is 4. The molecule has 5 nitrogen and oxygen atoms in total. The minimum absolute atomic E-state index is 0.112. The number of fused-ring (bicyclic) bond motifs is 1. The Bertz CT molecular complexity index is 845. The van der Waals surface area contributed by atoms with Crippen molar-refractivity contribution in [3.8, 4) is 5.75 Å². The van der Waals surface area contributed by atoms with Gasteiger partial charge in [0.15, 0.2) is 0 Å². The number of nitrogens with zero attached hydrogens (tertiary/aromatic N) is 2. The van der Waals surface area contributed by atoms with Gasteiger partial charge in [0.05, 0.1) is 11.9 Å². The molecule has 0 radical (unpaired) electrons. The largest absolute Gasteiger partial charge is 0.506 e. The SMILES string of the molecule is O=C(N/N=C/c1ccc2cccc(O)c2n1)c1ccccc1. The van der Waals surface area contributed by atoms with Crippen LogP contribution in [0.4, 0.5) is 0 Å². The molecule has 0 aliphatic rings. The molecule has 22 heavy (non-hydrogen) atoms. The lowest BCUT2D eigenvalue weighted by molar-refractivity contribution is 0.0955. The Labute approximate surface area is 126 Å². The van der Waals surface area contributed by atoms with E-state index in [1.807, 2.05) is 18.2 Å². The van der Waals surface area contributed by atoms with E-state index in [9.17, 15) is 9.90 Å². The number of nitrogens with one attached hydrogen (secondary N) is 1. The minimum atomic E-state index is -0.291. The first-order chi connectivity index (χ1) is 10.7. The van der Waals surface area contributed by atoms with Gasteiger partial charge in [-0.15, -0.1) is 0 Å². The summed E-state index contributed by atoms with van der Waals surface area (Å²) < 4.78 is 0. The predicted octanol–water partition coefficient (Wildman–Crippen LogP) is 2.70. The number of pyridine rings is 1. The highest BCUT2D eigenvalue weighted by Gasteiger charge is 2.03. The van der Waals surface area contributed by atoms with Gasteiger partial charge >= 0.3 is 0 Å². The maximum absolute atomic E-state index is 11.8. The number of para-hydroxylation sites is 1. The molecule has 1 aromatic heterocycles. The van der Waals surface area contributed by atoms with Crippen molar-refractivity contribution in [2.45, 2.75) is 0 Å². The first-order valence-corrected chi connectivity index (χ1v) is 6.71. The Morgan fingerprint density at radius 1 is 1.05 bits per heavy atom. The Morgan fingerprint density at radius 3 is 2.68 bits per heavy atom. The summed E-state index contributed by atoms with van der Waals surface area (Å²) in [6.07, 6.45) is 1.44. The second-order valence-electron chi connectivity index (χ2n) is 4.65. The average Bonchev–Trinajstić information content (AvgIpc) is 2.56. The third kappa shape index (κ3) is 2.93. The molecular formula is C17H13N3O2. The number of hydrogen-bond donors (Lipinski definition) is 2. The Morgan fingerprint density at radius 2 is 1.86 bits per heavy atom. The molecular weight excluding hydrogens is 278 g/mol. The van der Waals surface area contributed by atoms with E-state index in [1.165, 1.54) is 6.21 Å². The Hall–Kier alpha value is -3.21. The van der Waals surface area contributed by atoms with E-state index in [0.29, 0.717) is 16.8 Å². The predicted molar refractivity (Wildman–Crippen MR) is 84.9 cm³/mol. The molecule has 0 bridgehead atoms. The van der Waals surface area contributed by atoms with Crippen molar-refractivity contribution in [3.05, 3.63) is 71.9 Å². The van der Waals surface area contributed by atoms with Gasteiger partial charge in [-0.1, -0.05) is 36.4 Å². The first-order valence-electron chi connectivity index (χ1n) is 6.71. The molecule has 2 aromatic carbocycles. The summed E-state index contributed by atoms with van der Waals surface area (Å²) in [5.41, 5.74) is 4.01. The van der Waals surface area contributed by atoms with Crippen LogP contribution in [0.25, 0.3) is 10.9 Å². The van der Waals surface area contributed by atoms with Crippen LogP contribution in [0.2, 0.25) is 0 Å². The van der Waals surface area contributed by atoms with Gasteiger partial charge in [-0.05, 0) is 24.3 Å². The normalized spacial score (nSPS) is 10.9. The molecule has 0 aliphatic heterocycles. The monoisotopic (exact) mass is 291 g/mol. The van der Waals surface area contributed by atoms with Gasteiger partial charge in [0.2, 0.25) is 0 Å². The van der Waals surface area contributed by atoms with Gasteiger partial charge in [-0.25, -0.2) is 10.4 Å². The summed E-state index contributed by atoms with van der Waals surface area (Å²) in [4.78, 5) is 16.1. The lowest BCUT2D eigenvalue weighted by Crippen LogP contribution is -2.17. The van der Waals surface area contributed by atoms with Crippen molar-refractivity contribution >= 4 is 23.0 Å². The van der Waals surface area contributed by atoms with Crippen molar-refractivity contribution < 1.29 is 9.90 Å². The molecule has 0 aliphatic carbocycles. The number of benzene rings is 2. The molecule has 0 fully saturated rings. The number of amides is 1. The smallest absolute Gasteiger partial charge is 0.271 e. The highest BCUT2D eigenvalue weighted by Crippen LogP contribution is 2.21. The standard InChI is InChI=1S/C17H13N3O2/c21-15-8-4-7-12-9-10-14(19-16(12)15)11-18-20-17(22)13-5-2-1-3-6-13/h1-11,21H,(H,20,22)/b18-11+. The van der Waals surface area contributed by atoms with E-state index in [-0.39, 0.29) is 11.7 Å². The van der Waals surface area contributed by atoms with Crippen molar-refractivity contribution in [2.75, 3.05) is 0 Å². The molecule has 0 saturated carbocycles. The molecule has 3 rings (SSSR count). The third-order valence-electron chi connectivity index (χ3n) is 3.12. The molecule has 1 amide bonds. The van der Waals surface area contributed by atoms with Crippen LogP contribution >= 0.6 is 0 Å². The highest BCUT2D eigenvalue weighted by atomic mass is 16.3. The lowest BCUT2D eigenvalue weighted by atomic mass is 10.2. The van der Waals surface area contributed by atoms with Crippen LogP contribution in [0.3, 0.4) is 0 Å². The van der Waals surface area contributed by atoms with Crippen LogP contribution in [0, 0.1) is 0 Å². The molecule has 3 aromatic rings. The topological polar surface area (TPSA) is 74.6 Å². The van der Waals surface area contributed by atoms with Gasteiger partial charge < -0.3 is 5.11 Å². The number of rotatable bonds is 3. The fourth-order valence-corrected chi connectivity index (χ4v) is 2.03. The van der Waals surface area contributed by atoms with E-state index >= 15 is 0 Å². The van der Waals surface area contributed by atoms with E-state index in [0.717, 1.165) is 5.39 Å². The van der Waals surface area contributed by atoms with Crippen LogP contribution < -0.4 is 5.43 Å². The van der Waals surface area contributed by atoms with E-state index in [2.05, 4.69) is 15.5 Å². The van der Waals surface area contributed by atoms with Crippen molar-refractivity contribution in [1.29, 1.82) is 0 Å². The Kier molecular flexibility index (Phi) is 3.78. The van der Waals surface area contributed by atoms with Crippen molar-refractivity contribution in [3.63, 3.8) is 0 Å². The molecule has 0 saturated heterocycles. The number of hydrazone groups is 1. The summed E-state index contributed by atoms with van der Waals surface area (Å²) in [6, 6.07) is 17.6. The summed E-state index contributed by atoms with van der Waals surface area (Å²) >= 11 is 0. The molecule has 0 spiro atoms. The zero-order valence-corrected chi connectivity index (χ0v) is 11.6. The number of aromatic nitrogens is 1. The molecule has 1 heterocycles. The maximum atomic E-state index is 11.8. The maximum Gasteiger partial charge on any atom is 0.271 e. The highest BCUT2D eigenvalue weighted by molar-refractivity contribution is 5.95. The molecule has 0 atom stereocenters. The van der Waals surface area contributed by atoms with Gasteiger partial charge in [-0.2, -0.15) is 5.10 Å². The van der Waals surface area contributed by atoms with Crippen LogP contribution in [-0.2, 0) is 0 Å². The van der Waals surface area contributed by atoms with Gasteiger partial charge in [0.25, 0.3) is 5.91 Å². The van der Waals surface area contributed by atoms with Crippen LogP contribution in [-0.4, -0.2) is 22.2 Å². The number of phenols is 1. The second-order valence-corrected chi connectivity index (χ2v) is 4.65. The van der Waals surface area contributed by atoms with E-state index in [1.54, 1.807) is 42.5 Å². The zero-order valence-electron chi connectivity index (χ0n) is 11.6. The summed E-state index contributed by atoms with van der Waals surface area (Å²) in [5.74, 6) is -0.179. The fourth-order valence-electron chi connectivity index (χ4n) is 2.03. The summed E-state index contributed by atoms with van der Waals surface area (Å²) in [5, 5.41) is 14.5. The van der Waals surface area contributed by atoms with Gasteiger partial charge in [0, 0.05) is 10.9 Å². The second kappa shape index (κ2) is 6.05. The van der Waals surface area contributed by atoms with E-state index < -0.39 is 0 Å². The van der Waals surface area contributed by atoms with Crippen LogP contribution in [0.5, 0.6) is 5.75 Å². The van der Waals surface area contributed by atoms with Gasteiger partial charge in [0.1, 0.15) is 11.3 Å². The van der Waals surface area contributed by atoms with Crippen molar-refractivity contribution in [2.24, 2.45) is 5.10 Å². The first kappa shape index (κ1) is 13.8. The number of carbonyl (C=O) groups excluding carboxylic acids is 1. The van der Waals surface area contributed by atoms with Gasteiger partial charge in [-0.3, -0.25) is 4.79 Å². The van der Waals surface area contributed by atoms with E-state index in [4.69, 9.17) is 0 Å². The molecule has 0 unspecified atom stereocenters. The lowest BCUT2D eigenvalue weighted by Gasteiger charge is -2.01. The third-order valence-corrected chi connectivity index (χ3v) is 3.12. The summed E-state index contributed by atoms with van der Waals surface area (Å²) in [7, 11) is 0. The molecule has 5 heteroatoms. The molecule has 108 valence electrons. The quantitative estimate of drug-likeness (QED) is 0.575. The average molecular weight is 291 g/mol. The number of carbonyl (C=O) groups is 1. The summed E-state index contributed by atoms with van der Waals surface area (Å²) in [6.45, 7) is 0.